The summed E-state index contributed by atoms with van der Waals surface area (Å²) in [5.74, 6) is 0.431. The molecule has 2 heterocycles. The van der Waals surface area contributed by atoms with Gasteiger partial charge in [-0.15, -0.1) is 11.3 Å². The van der Waals surface area contributed by atoms with E-state index in [4.69, 9.17) is 5.26 Å². The average Bonchev–Trinajstić information content (AvgIpc) is 2.75. The van der Waals surface area contributed by atoms with Gasteiger partial charge in [0.05, 0.1) is 12.2 Å². The van der Waals surface area contributed by atoms with Crippen LogP contribution >= 0.6 is 11.3 Å². The Bertz CT molecular complexity index is 498. The van der Waals surface area contributed by atoms with E-state index in [0.717, 1.165) is 10.7 Å². The molecule has 0 spiro atoms. The molecule has 2 aromatic heterocycles. The number of thiazole rings is 1. The van der Waals surface area contributed by atoms with Crippen molar-refractivity contribution in [2.24, 2.45) is 0 Å². The number of rotatable bonds is 2. The Kier molecular flexibility index (Phi) is 2.52. The van der Waals surface area contributed by atoms with Crippen LogP contribution in [0.3, 0.4) is 0 Å². The van der Waals surface area contributed by atoms with Crippen molar-refractivity contribution in [2.75, 3.05) is 0 Å². The van der Waals surface area contributed by atoms with E-state index in [9.17, 15) is 0 Å². The molecular formula is C10H10N4S. The summed E-state index contributed by atoms with van der Waals surface area (Å²) in [5.41, 5.74) is 1.06. The van der Waals surface area contributed by atoms with Gasteiger partial charge in [0.2, 0.25) is 5.82 Å². The maximum atomic E-state index is 8.79. The zero-order valence-electron chi connectivity index (χ0n) is 8.56. The predicted molar refractivity (Wildman–Crippen MR) is 57.6 cm³/mol. The Balaban J connectivity index is 2.26. The fraction of sp³-hybridized carbons (Fsp3) is 0.300. The van der Waals surface area contributed by atoms with Crippen LogP contribution in [0.5, 0.6) is 0 Å². The van der Waals surface area contributed by atoms with Crippen molar-refractivity contribution in [3.63, 3.8) is 0 Å². The molecule has 0 atom stereocenters. The molecule has 0 amide bonds. The Hall–Kier alpha value is -1.67. The van der Waals surface area contributed by atoms with Gasteiger partial charge in [0.1, 0.15) is 11.1 Å². The lowest BCUT2D eigenvalue weighted by Gasteiger charge is -1.98. The molecular weight excluding hydrogens is 208 g/mol. The minimum Gasteiger partial charge on any atom is -0.316 e. The van der Waals surface area contributed by atoms with E-state index < -0.39 is 0 Å². The minimum absolute atomic E-state index is 0.431. The summed E-state index contributed by atoms with van der Waals surface area (Å²) in [4.78, 5) is 9.59. The summed E-state index contributed by atoms with van der Waals surface area (Å²) < 4.78 is 1.80. The largest absolute Gasteiger partial charge is 0.316 e. The van der Waals surface area contributed by atoms with Crippen LogP contribution in [-0.4, -0.2) is 14.5 Å². The van der Waals surface area contributed by atoms with E-state index in [0.29, 0.717) is 12.4 Å². The molecule has 0 aliphatic rings. The number of aromatic nitrogens is 3. The summed E-state index contributed by atoms with van der Waals surface area (Å²) >= 11 is 1.66. The molecule has 2 rings (SSSR count). The van der Waals surface area contributed by atoms with Gasteiger partial charge >= 0.3 is 0 Å². The summed E-state index contributed by atoms with van der Waals surface area (Å²) in [5, 5.41) is 9.81. The first-order chi connectivity index (χ1) is 7.20. The van der Waals surface area contributed by atoms with E-state index in [1.807, 2.05) is 13.0 Å². The maximum absolute atomic E-state index is 8.79. The molecule has 76 valence electrons. The maximum Gasteiger partial charge on any atom is 0.213 e. The lowest BCUT2D eigenvalue weighted by molar-refractivity contribution is 0.774. The molecule has 0 aromatic carbocycles. The second-order valence-corrected chi connectivity index (χ2v) is 4.53. The van der Waals surface area contributed by atoms with E-state index in [1.165, 1.54) is 4.88 Å². The van der Waals surface area contributed by atoms with Gasteiger partial charge in [-0.05, 0) is 13.8 Å². The van der Waals surface area contributed by atoms with Crippen LogP contribution in [-0.2, 0) is 6.54 Å². The van der Waals surface area contributed by atoms with Crippen LogP contribution in [0.15, 0.2) is 12.4 Å². The van der Waals surface area contributed by atoms with Crippen molar-refractivity contribution in [3.8, 4) is 6.07 Å². The van der Waals surface area contributed by atoms with Gasteiger partial charge in [-0.25, -0.2) is 9.97 Å². The van der Waals surface area contributed by atoms with Gasteiger partial charge < -0.3 is 4.57 Å². The molecule has 0 aliphatic carbocycles. The SMILES string of the molecule is Cc1nc(Cn2ccnc2C#N)sc1C. The zero-order chi connectivity index (χ0) is 10.8. The standard InChI is InChI=1S/C10H10N4S/c1-7-8(2)15-10(13-7)6-14-4-3-12-9(14)5-11/h3-4H,6H2,1-2H3. The number of hydrogen-bond acceptors (Lipinski definition) is 4. The van der Waals surface area contributed by atoms with Gasteiger partial charge in [0, 0.05) is 17.3 Å². The molecule has 2 aromatic rings. The van der Waals surface area contributed by atoms with E-state index in [1.54, 1.807) is 28.3 Å². The third kappa shape index (κ3) is 1.90. The van der Waals surface area contributed by atoms with Gasteiger partial charge in [0.15, 0.2) is 0 Å². The van der Waals surface area contributed by atoms with Gasteiger partial charge in [0.25, 0.3) is 0 Å². The molecule has 15 heavy (non-hydrogen) atoms. The highest BCUT2D eigenvalue weighted by atomic mass is 32.1. The van der Waals surface area contributed by atoms with Crippen molar-refractivity contribution in [3.05, 3.63) is 33.8 Å². The highest BCUT2D eigenvalue weighted by Gasteiger charge is 2.06. The molecule has 0 aliphatic heterocycles. The molecule has 4 nitrogen and oxygen atoms in total. The van der Waals surface area contributed by atoms with Crippen molar-refractivity contribution < 1.29 is 0 Å². The Morgan fingerprint density at radius 3 is 2.93 bits per heavy atom. The highest BCUT2D eigenvalue weighted by Crippen LogP contribution is 2.17. The molecule has 0 bridgehead atoms. The quantitative estimate of drug-likeness (QED) is 0.773. The van der Waals surface area contributed by atoms with Crippen LogP contribution in [0.2, 0.25) is 0 Å². The van der Waals surface area contributed by atoms with Gasteiger partial charge in [-0.3, -0.25) is 0 Å². The molecule has 5 heteroatoms. The first-order valence-corrected chi connectivity index (χ1v) is 5.36. The van der Waals surface area contributed by atoms with E-state index in [-0.39, 0.29) is 0 Å². The van der Waals surface area contributed by atoms with Gasteiger partial charge in [-0.1, -0.05) is 0 Å². The van der Waals surface area contributed by atoms with E-state index >= 15 is 0 Å². The van der Waals surface area contributed by atoms with Crippen molar-refractivity contribution in [2.45, 2.75) is 20.4 Å². The van der Waals surface area contributed by atoms with E-state index in [2.05, 4.69) is 16.9 Å². The van der Waals surface area contributed by atoms with Crippen LogP contribution < -0.4 is 0 Å². The van der Waals surface area contributed by atoms with Crippen molar-refractivity contribution in [1.82, 2.24) is 14.5 Å². The lowest BCUT2D eigenvalue weighted by Crippen LogP contribution is -2.00. The predicted octanol–water partition coefficient (Wildman–Crippen LogP) is 1.88. The Morgan fingerprint density at radius 1 is 1.53 bits per heavy atom. The number of nitrogens with zero attached hydrogens (tertiary/aromatic N) is 4. The van der Waals surface area contributed by atoms with Crippen LogP contribution in [0.25, 0.3) is 0 Å². The number of imidazole rings is 1. The smallest absolute Gasteiger partial charge is 0.213 e. The fourth-order valence-corrected chi connectivity index (χ4v) is 2.24. The highest BCUT2D eigenvalue weighted by molar-refractivity contribution is 7.11. The average molecular weight is 218 g/mol. The van der Waals surface area contributed by atoms with Crippen molar-refractivity contribution in [1.29, 1.82) is 5.26 Å². The van der Waals surface area contributed by atoms with Crippen LogP contribution in [0.1, 0.15) is 21.4 Å². The second-order valence-electron chi connectivity index (χ2n) is 3.24. The number of nitriles is 1. The van der Waals surface area contributed by atoms with Crippen LogP contribution in [0.4, 0.5) is 0 Å². The summed E-state index contributed by atoms with van der Waals surface area (Å²) in [6.07, 6.45) is 3.43. The molecule has 0 saturated heterocycles. The lowest BCUT2D eigenvalue weighted by atomic mass is 10.4. The third-order valence-corrected chi connectivity index (χ3v) is 3.25. The number of aryl methyl sites for hydroxylation is 2. The monoisotopic (exact) mass is 218 g/mol. The molecule has 0 N–H and O–H groups in total. The molecule has 0 fully saturated rings. The van der Waals surface area contributed by atoms with Crippen molar-refractivity contribution >= 4 is 11.3 Å². The minimum atomic E-state index is 0.431. The summed E-state index contributed by atoms with van der Waals surface area (Å²) in [6.45, 7) is 4.67. The Morgan fingerprint density at radius 2 is 2.33 bits per heavy atom. The number of hydrogen-bond donors (Lipinski definition) is 0. The summed E-state index contributed by atoms with van der Waals surface area (Å²) in [7, 11) is 0. The first-order valence-electron chi connectivity index (χ1n) is 4.55. The molecule has 0 unspecified atom stereocenters. The zero-order valence-corrected chi connectivity index (χ0v) is 9.38. The normalized spacial score (nSPS) is 10.2. The van der Waals surface area contributed by atoms with Crippen LogP contribution in [0, 0.1) is 25.2 Å². The molecule has 0 radical (unpaired) electrons. The summed E-state index contributed by atoms with van der Waals surface area (Å²) in [6, 6.07) is 2.05. The third-order valence-electron chi connectivity index (χ3n) is 2.19. The topological polar surface area (TPSA) is 54.5 Å². The Labute approximate surface area is 91.8 Å². The van der Waals surface area contributed by atoms with Gasteiger partial charge in [-0.2, -0.15) is 5.26 Å². The molecule has 0 saturated carbocycles. The fourth-order valence-electron chi connectivity index (χ4n) is 1.30. The second kappa shape index (κ2) is 3.83. The first kappa shape index (κ1) is 9.87.